The van der Waals surface area contributed by atoms with Gasteiger partial charge < -0.3 is 40.1 Å². The number of aliphatic hydroxyl groups excluding tert-OH is 5. The Morgan fingerprint density at radius 2 is 1.55 bits per heavy atom. The molecule has 0 radical (unpaired) electrons. The summed E-state index contributed by atoms with van der Waals surface area (Å²) >= 11 is 0. The van der Waals surface area contributed by atoms with Crippen LogP contribution in [0.25, 0.3) is 0 Å². The molecule has 8 heteroatoms. The summed E-state index contributed by atoms with van der Waals surface area (Å²) in [5.41, 5.74) is 0.524. The highest BCUT2D eigenvalue weighted by Gasteiger charge is 2.69. The molecule has 5 rings (SSSR count). The molecule has 1 heterocycles. The largest absolute Gasteiger partial charge is 0.394 e. The van der Waals surface area contributed by atoms with Gasteiger partial charge in [-0.25, -0.2) is 0 Å². The highest BCUT2D eigenvalue weighted by Crippen LogP contribution is 2.76. The van der Waals surface area contributed by atoms with Crippen LogP contribution in [0.5, 0.6) is 0 Å². The molecule has 6 N–H and O–H groups in total. The molecule has 1 saturated heterocycles. The quantitative estimate of drug-likeness (QED) is 0.174. The minimum Gasteiger partial charge on any atom is -0.394 e. The van der Waals surface area contributed by atoms with Gasteiger partial charge in [0.05, 0.1) is 24.9 Å². The van der Waals surface area contributed by atoms with Crippen LogP contribution in [0.2, 0.25) is 0 Å². The Morgan fingerprint density at radius 1 is 0.864 bits per heavy atom. The van der Waals surface area contributed by atoms with Gasteiger partial charge in [0, 0.05) is 0 Å². The first-order valence-electron chi connectivity index (χ1n) is 17.4. The van der Waals surface area contributed by atoms with E-state index in [1.807, 2.05) is 6.92 Å². The minimum atomic E-state index is -1.44. The van der Waals surface area contributed by atoms with Crippen LogP contribution in [-0.4, -0.2) is 86.3 Å². The lowest BCUT2D eigenvalue weighted by Gasteiger charge is -2.70. The van der Waals surface area contributed by atoms with E-state index < -0.39 is 42.9 Å². The molecule has 8 nitrogen and oxygen atoms in total. The molecule has 0 amide bonds. The maximum Gasteiger partial charge on any atom is 0.186 e. The predicted octanol–water partition coefficient (Wildman–Crippen LogP) is 4.33. The first kappa shape index (κ1) is 34.7. The summed E-state index contributed by atoms with van der Waals surface area (Å²) in [6, 6.07) is 0. The van der Waals surface area contributed by atoms with E-state index in [2.05, 4.69) is 47.6 Å². The standard InChI is InChI=1S/C36H62O8/c1-21(19-37)9-8-15-36(7,42)23-12-17-34(5)22(23)10-11-26-33(4)16-14-27(32(2,3)25(33)13-18-35(26,34)6)44-31-30(41)29(40)28(39)24(20-38)43-31/h9,22-31,37-42H,8,10-20H2,1-7H3/b21-9+/t22-,23+,24-,25+,26-,27+,28-,29+,30-,31+,33+,34-,35-,36+/m1/s1. The van der Waals surface area contributed by atoms with Gasteiger partial charge in [-0.15, -0.1) is 0 Å². The second kappa shape index (κ2) is 12.1. The predicted molar refractivity (Wildman–Crippen MR) is 168 cm³/mol. The van der Waals surface area contributed by atoms with E-state index in [0.717, 1.165) is 63.4 Å². The molecular formula is C36H62O8. The number of rotatable bonds is 8. The molecular weight excluding hydrogens is 560 g/mol. The first-order valence-corrected chi connectivity index (χ1v) is 17.4. The molecule has 14 atom stereocenters. The summed E-state index contributed by atoms with van der Waals surface area (Å²) in [5.74, 6) is 1.78. The van der Waals surface area contributed by atoms with Crippen molar-refractivity contribution in [3.8, 4) is 0 Å². The van der Waals surface area contributed by atoms with Crippen LogP contribution in [0, 0.1) is 45.3 Å². The van der Waals surface area contributed by atoms with Crippen molar-refractivity contribution in [1.29, 1.82) is 0 Å². The van der Waals surface area contributed by atoms with Crippen molar-refractivity contribution in [3.05, 3.63) is 11.6 Å². The molecule has 0 spiro atoms. The highest BCUT2D eigenvalue weighted by molar-refractivity contribution is 5.18. The van der Waals surface area contributed by atoms with E-state index in [1.165, 1.54) is 6.42 Å². The van der Waals surface area contributed by atoms with Crippen molar-refractivity contribution in [3.63, 3.8) is 0 Å². The number of aliphatic hydroxyl groups is 6. The molecule has 5 fully saturated rings. The Hall–Kier alpha value is -0.580. The van der Waals surface area contributed by atoms with Crippen LogP contribution in [-0.2, 0) is 9.47 Å². The molecule has 254 valence electrons. The SMILES string of the molecule is C/C(=C\CC[C@](C)(O)[C@H]1CC[C@]2(C)[C@@H]1CC[C@@H]1[C@@]3(C)CC[C@H](O[C@@H]4O[C@H](CO)[C@@H](O)[C@H](O)[C@H]4O)C(C)(C)[C@@H]3CC[C@]12C)CO. The van der Waals surface area contributed by atoms with Crippen LogP contribution in [0.3, 0.4) is 0 Å². The average Bonchev–Trinajstić information content (AvgIpc) is 3.33. The maximum absolute atomic E-state index is 11.8. The van der Waals surface area contributed by atoms with E-state index >= 15 is 0 Å². The monoisotopic (exact) mass is 622 g/mol. The zero-order valence-corrected chi connectivity index (χ0v) is 28.3. The molecule has 4 saturated carbocycles. The van der Waals surface area contributed by atoms with Gasteiger partial charge in [0.2, 0.25) is 0 Å². The van der Waals surface area contributed by atoms with Crippen molar-refractivity contribution in [2.75, 3.05) is 13.2 Å². The van der Waals surface area contributed by atoms with Gasteiger partial charge in [0.1, 0.15) is 24.4 Å². The van der Waals surface area contributed by atoms with Gasteiger partial charge in [0.15, 0.2) is 6.29 Å². The van der Waals surface area contributed by atoms with Crippen molar-refractivity contribution < 1.29 is 40.1 Å². The summed E-state index contributed by atoms with van der Waals surface area (Å²) in [6.07, 6.45) is 5.74. The molecule has 44 heavy (non-hydrogen) atoms. The lowest BCUT2D eigenvalue weighted by molar-refractivity contribution is -0.331. The Morgan fingerprint density at radius 3 is 2.20 bits per heavy atom. The van der Waals surface area contributed by atoms with Gasteiger partial charge in [-0.3, -0.25) is 0 Å². The maximum atomic E-state index is 11.8. The number of hydrogen-bond acceptors (Lipinski definition) is 8. The van der Waals surface area contributed by atoms with Gasteiger partial charge in [-0.1, -0.05) is 46.3 Å². The topological polar surface area (TPSA) is 140 Å². The average molecular weight is 623 g/mol. The third-order valence-corrected chi connectivity index (χ3v) is 14.7. The van der Waals surface area contributed by atoms with Crippen LogP contribution < -0.4 is 0 Å². The van der Waals surface area contributed by atoms with E-state index in [4.69, 9.17) is 9.47 Å². The summed E-state index contributed by atoms with van der Waals surface area (Å²) in [6.45, 7) is 15.8. The third-order valence-electron chi connectivity index (χ3n) is 14.7. The molecule has 0 aromatic rings. The lowest BCUT2D eigenvalue weighted by Crippen LogP contribution is -2.65. The van der Waals surface area contributed by atoms with Gasteiger partial charge in [-0.2, -0.15) is 0 Å². The van der Waals surface area contributed by atoms with Crippen LogP contribution in [0.15, 0.2) is 11.6 Å². The second-order valence-electron chi connectivity index (χ2n) is 17.1. The first-order chi connectivity index (χ1) is 20.5. The summed E-state index contributed by atoms with van der Waals surface area (Å²) in [7, 11) is 0. The smallest absolute Gasteiger partial charge is 0.186 e. The zero-order chi connectivity index (χ0) is 32.5. The Balaban J connectivity index is 1.33. The summed E-state index contributed by atoms with van der Waals surface area (Å²) in [5, 5.41) is 62.2. The van der Waals surface area contributed by atoms with Gasteiger partial charge >= 0.3 is 0 Å². The van der Waals surface area contributed by atoms with E-state index in [0.29, 0.717) is 17.8 Å². The Kier molecular flexibility index (Phi) is 9.59. The van der Waals surface area contributed by atoms with Crippen molar-refractivity contribution in [2.24, 2.45) is 45.3 Å². The van der Waals surface area contributed by atoms with Gasteiger partial charge in [-0.05, 0) is 123 Å². The zero-order valence-electron chi connectivity index (χ0n) is 28.3. The molecule has 4 aliphatic carbocycles. The van der Waals surface area contributed by atoms with Crippen molar-refractivity contribution in [2.45, 2.75) is 155 Å². The number of fused-ring (bicyclic) bond motifs is 5. The molecule has 0 bridgehead atoms. The molecule has 0 unspecified atom stereocenters. The summed E-state index contributed by atoms with van der Waals surface area (Å²) < 4.78 is 12.2. The van der Waals surface area contributed by atoms with Crippen molar-refractivity contribution >= 4 is 0 Å². The summed E-state index contributed by atoms with van der Waals surface area (Å²) in [4.78, 5) is 0. The number of allylic oxidation sites excluding steroid dienone is 1. The van der Waals surface area contributed by atoms with Crippen molar-refractivity contribution in [1.82, 2.24) is 0 Å². The van der Waals surface area contributed by atoms with Crippen LogP contribution in [0.4, 0.5) is 0 Å². The van der Waals surface area contributed by atoms with Crippen LogP contribution in [0.1, 0.15) is 113 Å². The van der Waals surface area contributed by atoms with E-state index in [9.17, 15) is 30.6 Å². The number of ether oxygens (including phenoxy) is 2. The second-order valence-corrected chi connectivity index (χ2v) is 17.1. The van der Waals surface area contributed by atoms with E-state index in [-0.39, 0.29) is 40.3 Å². The van der Waals surface area contributed by atoms with E-state index in [1.54, 1.807) is 0 Å². The normalized spacial score (nSPS) is 50.3. The highest BCUT2D eigenvalue weighted by atomic mass is 16.7. The van der Waals surface area contributed by atoms with Crippen LogP contribution >= 0.6 is 0 Å². The molecule has 5 aliphatic rings. The third kappa shape index (κ3) is 5.35. The fraction of sp³-hybridized carbons (Fsp3) is 0.944. The minimum absolute atomic E-state index is 0.0726. The molecule has 0 aromatic carbocycles. The Labute approximate surface area is 265 Å². The Bertz CT molecular complexity index is 1060. The molecule has 1 aliphatic heterocycles. The lowest BCUT2D eigenvalue weighted by atomic mass is 9.35. The number of hydrogen-bond donors (Lipinski definition) is 6. The van der Waals surface area contributed by atoms with Gasteiger partial charge in [0.25, 0.3) is 0 Å². The molecule has 0 aromatic heterocycles. The fourth-order valence-corrected chi connectivity index (χ4v) is 11.9. The fourth-order valence-electron chi connectivity index (χ4n) is 11.9.